The Balaban J connectivity index is 1.68. The van der Waals surface area contributed by atoms with Crippen LogP contribution in [-0.4, -0.2) is 28.7 Å². The number of carbonyl (C=O) groups is 1. The summed E-state index contributed by atoms with van der Waals surface area (Å²) in [4.78, 5) is 12.2. The van der Waals surface area contributed by atoms with Crippen LogP contribution in [0.3, 0.4) is 0 Å². The lowest BCUT2D eigenvalue weighted by Gasteiger charge is -2.30. The Morgan fingerprint density at radius 1 is 1.19 bits per heavy atom. The van der Waals surface area contributed by atoms with Crippen LogP contribution in [0.4, 0.5) is 14.5 Å². The number of para-hydroxylation sites is 1. The van der Waals surface area contributed by atoms with Gasteiger partial charge in [0.15, 0.2) is 5.78 Å². The summed E-state index contributed by atoms with van der Waals surface area (Å²) in [5.41, 5.74) is 6.98. The third-order valence-corrected chi connectivity index (χ3v) is 7.48. The number of sulfonamides is 1. The fourth-order valence-corrected chi connectivity index (χ4v) is 5.64. The van der Waals surface area contributed by atoms with Crippen LogP contribution in [-0.2, 0) is 28.5 Å². The molecule has 4 rings (SSSR count). The number of fused-ring (bicyclic) bond motifs is 1. The van der Waals surface area contributed by atoms with Crippen molar-refractivity contribution in [1.82, 2.24) is 14.5 Å². The van der Waals surface area contributed by atoms with Crippen molar-refractivity contribution in [3.05, 3.63) is 76.6 Å². The van der Waals surface area contributed by atoms with Gasteiger partial charge in [0.1, 0.15) is 11.6 Å². The van der Waals surface area contributed by atoms with E-state index in [1.807, 2.05) is 0 Å². The number of rotatable bonds is 5. The van der Waals surface area contributed by atoms with Crippen molar-refractivity contribution in [1.29, 1.82) is 0 Å². The summed E-state index contributed by atoms with van der Waals surface area (Å²) in [5.74, 6) is -2.21. The van der Waals surface area contributed by atoms with Crippen molar-refractivity contribution < 1.29 is 22.0 Å². The molecule has 3 N–H and O–H groups in total. The van der Waals surface area contributed by atoms with Gasteiger partial charge in [-0.2, -0.15) is 9.40 Å². The summed E-state index contributed by atoms with van der Waals surface area (Å²) in [6.45, 7) is 3.20. The zero-order chi connectivity index (χ0) is 22.6. The van der Waals surface area contributed by atoms with E-state index < -0.39 is 32.1 Å². The number of nitrogens with one attached hydrogen (secondary N) is 1. The van der Waals surface area contributed by atoms with E-state index in [-0.39, 0.29) is 18.7 Å². The summed E-state index contributed by atoms with van der Waals surface area (Å²) in [6, 6.07) is 8.84. The largest absolute Gasteiger partial charge is 0.398 e. The van der Waals surface area contributed by atoms with Gasteiger partial charge in [-0.1, -0.05) is 12.1 Å². The van der Waals surface area contributed by atoms with Gasteiger partial charge < -0.3 is 5.73 Å². The van der Waals surface area contributed by atoms with Gasteiger partial charge in [-0.05, 0) is 38.1 Å². The van der Waals surface area contributed by atoms with Crippen LogP contribution in [0.1, 0.15) is 41.2 Å². The molecule has 0 saturated carbocycles. The molecule has 2 aromatic carbocycles. The summed E-state index contributed by atoms with van der Waals surface area (Å²) in [6.07, 6.45) is -0.0465. The van der Waals surface area contributed by atoms with Crippen LogP contribution in [0.2, 0.25) is 0 Å². The first-order valence-electron chi connectivity index (χ1n) is 9.45. The number of Topliss-reactive ketones (excluding diaryl/α,β-unsaturated/α-hetero) is 1. The monoisotopic (exact) mass is 446 g/mol. The van der Waals surface area contributed by atoms with Gasteiger partial charge in [0.05, 0.1) is 22.5 Å². The quantitative estimate of drug-likeness (QED) is 0.462. The Morgan fingerprint density at radius 3 is 2.48 bits per heavy atom. The zero-order valence-electron chi connectivity index (χ0n) is 16.8. The topological polar surface area (TPSA) is 109 Å². The molecule has 0 radical (unpaired) electrons. The van der Waals surface area contributed by atoms with Crippen molar-refractivity contribution in [2.24, 2.45) is 0 Å². The molecule has 7 nitrogen and oxygen atoms in total. The molecule has 0 bridgehead atoms. The third kappa shape index (κ3) is 3.51. The average Bonchev–Trinajstić information content (AvgIpc) is 3.20. The lowest BCUT2D eigenvalue weighted by molar-refractivity contribution is 0.0992. The van der Waals surface area contributed by atoms with Crippen LogP contribution < -0.4 is 5.73 Å². The molecule has 162 valence electrons. The fraction of sp³-hybridized carbons (Fsp3) is 0.238. The van der Waals surface area contributed by atoms with E-state index in [1.54, 1.807) is 38.1 Å². The van der Waals surface area contributed by atoms with Crippen molar-refractivity contribution in [2.45, 2.75) is 37.2 Å². The second-order valence-electron chi connectivity index (χ2n) is 7.89. The van der Waals surface area contributed by atoms with Gasteiger partial charge in [-0.15, -0.1) is 0 Å². The molecule has 31 heavy (non-hydrogen) atoms. The van der Waals surface area contributed by atoms with Gasteiger partial charge in [0.2, 0.25) is 10.0 Å². The molecular weight excluding hydrogens is 426 g/mol. The molecule has 0 fully saturated rings. The van der Waals surface area contributed by atoms with Gasteiger partial charge in [-0.25, -0.2) is 17.2 Å². The Labute approximate surface area is 177 Å². The number of anilines is 1. The molecule has 1 aromatic heterocycles. The lowest BCUT2D eigenvalue weighted by Crippen LogP contribution is -2.40. The number of aromatic nitrogens is 2. The van der Waals surface area contributed by atoms with Crippen LogP contribution in [0, 0.1) is 11.6 Å². The predicted molar refractivity (Wildman–Crippen MR) is 110 cm³/mol. The predicted octanol–water partition coefficient (Wildman–Crippen LogP) is 3.14. The number of halogens is 2. The average molecular weight is 446 g/mol. The minimum absolute atomic E-state index is 0.0465. The molecule has 0 aliphatic carbocycles. The first kappa shape index (κ1) is 21.1. The van der Waals surface area contributed by atoms with E-state index in [4.69, 9.17) is 5.73 Å². The number of H-pyrrole nitrogens is 1. The molecule has 0 saturated heterocycles. The Bertz CT molecular complexity index is 1280. The highest BCUT2D eigenvalue weighted by Crippen LogP contribution is 2.42. The van der Waals surface area contributed by atoms with Crippen molar-refractivity contribution in [2.75, 3.05) is 5.73 Å². The van der Waals surface area contributed by atoms with Crippen LogP contribution in [0.15, 0.2) is 47.4 Å². The number of hydrogen-bond donors (Lipinski definition) is 2. The number of nitrogen functional groups attached to an aromatic ring is 1. The van der Waals surface area contributed by atoms with E-state index in [2.05, 4.69) is 10.2 Å². The van der Waals surface area contributed by atoms with E-state index in [9.17, 15) is 22.0 Å². The summed E-state index contributed by atoms with van der Waals surface area (Å²) < 4.78 is 54.8. The van der Waals surface area contributed by atoms with Crippen molar-refractivity contribution >= 4 is 21.5 Å². The van der Waals surface area contributed by atoms with Crippen LogP contribution >= 0.6 is 0 Å². The van der Waals surface area contributed by atoms with Crippen LogP contribution in [0.25, 0.3) is 0 Å². The van der Waals surface area contributed by atoms with Gasteiger partial charge >= 0.3 is 0 Å². The Kier molecular flexibility index (Phi) is 4.94. The zero-order valence-corrected chi connectivity index (χ0v) is 17.6. The van der Waals surface area contributed by atoms with E-state index in [0.717, 1.165) is 16.4 Å². The van der Waals surface area contributed by atoms with Crippen molar-refractivity contribution in [3.63, 3.8) is 0 Å². The van der Waals surface area contributed by atoms with E-state index >= 15 is 0 Å². The number of hydrogen-bond acceptors (Lipinski definition) is 5. The summed E-state index contributed by atoms with van der Waals surface area (Å²) >= 11 is 0. The number of aromatic amines is 1. The maximum absolute atomic E-state index is 13.7. The first-order valence-corrected chi connectivity index (χ1v) is 10.9. The van der Waals surface area contributed by atoms with Crippen molar-refractivity contribution in [3.8, 4) is 0 Å². The second kappa shape index (κ2) is 7.24. The lowest BCUT2D eigenvalue weighted by atomic mass is 9.99. The molecule has 1 aliphatic rings. The van der Waals surface area contributed by atoms with Gasteiger partial charge in [0, 0.05) is 35.1 Å². The smallest absolute Gasteiger partial charge is 0.244 e. The molecule has 0 unspecified atom stereocenters. The first-order chi connectivity index (χ1) is 14.5. The van der Waals surface area contributed by atoms with E-state index in [1.165, 1.54) is 0 Å². The third-order valence-electron chi connectivity index (χ3n) is 5.48. The highest BCUT2D eigenvalue weighted by atomic mass is 32.2. The standard InChI is InChI=1S/C21H20F2N4O3S/c1-21(2)20-16(11-27(21)31(29,30)14-8-12(22)7-13(23)9-14)18(25-26-20)10-19(28)15-5-3-4-6-17(15)24/h3-9H,10-11,24H2,1-2H3,(H,25,26). The Hall–Kier alpha value is -3.11. The highest BCUT2D eigenvalue weighted by Gasteiger charge is 2.48. The van der Waals surface area contributed by atoms with Crippen LogP contribution in [0.5, 0.6) is 0 Å². The Morgan fingerprint density at radius 2 is 1.84 bits per heavy atom. The molecular formula is C21H20F2N4O3S. The summed E-state index contributed by atoms with van der Waals surface area (Å²) in [5, 5.41) is 7.08. The maximum Gasteiger partial charge on any atom is 0.244 e. The minimum Gasteiger partial charge on any atom is -0.398 e. The molecule has 10 heteroatoms. The molecule has 0 atom stereocenters. The molecule has 2 heterocycles. The SMILES string of the molecule is CC1(C)c2n[nH]c(CC(=O)c3ccccc3N)c2CN1S(=O)(=O)c1cc(F)cc(F)c1. The number of nitrogens with two attached hydrogens (primary N) is 1. The normalized spacial score (nSPS) is 15.7. The maximum atomic E-state index is 13.7. The second-order valence-corrected chi connectivity index (χ2v) is 9.75. The highest BCUT2D eigenvalue weighted by molar-refractivity contribution is 7.89. The minimum atomic E-state index is -4.24. The number of benzene rings is 2. The summed E-state index contributed by atoms with van der Waals surface area (Å²) in [7, 11) is -4.24. The molecule has 0 amide bonds. The molecule has 3 aromatic rings. The van der Waals surface area contributed by atoms with Gasteiger partial charge in [0.25, 0.3) is 0 Å². The number of ketones is 1. The van der Waals surface area contributed by atoms with Gasteiger partial charge in [-0.3, -0.25) is 9.89 Å². The molecule has 1 aliphatic heterocycles. The number of carbonyl (C=O) groups excluding carboxylic acids is 1. The fourth-order valence-electron chi connectivity index (χ4n) is 3.88. The van der Waals surface area contributed by atoms with E-state index in [0.29, 0.717) is 34.3 Å². The molecule has 0 spiro atoms. The number of nitrogens with zero attached hydrogens (tertiary/aromatic N) is 2.